The van der Waals surface area contributed by atoms with Crippen LogP contribution in [0.5, 0.6) is 0 Å². The number of hydrogen-bond acceptors (Lipinski definition) is 3. The van der Waals surface area contributed by atoms with Crippen LogP contribution in [0.4, 0.5) is 0 Å². The van der Waals surface area contributed by atoms with E-state index in [4.69, 9.17) is 0 Å². The number of carbonyl (C=O) groups excluding carboxylic acids is 1. The summed E-state index contributed by atoms with van der Waals surface area (Å²) in [7, 11) is 4.04. The Balaban J connectivity index is 2.29. The number of piperidine rings is 1. The fraction of sp³-hybridized carbons (Fsp3) is 0.750. The highest BCUT2D eigenvalue weighted by Gasteiger charge is 2.23. The highest BCUT2D eigenvalue weighted by Crippen LogP contribution is 2.13. The molecule has 1 aliphatic rings. The standard InChI is InChI=1S/C12H23N3O/c1-4-7-13-10-12(16)15(3)11-5-8-14(2)9-6-11/h4,11,13H,1,5-10H2,2-3H3. The van der Waals surface area contributed by atoms with E-state index in [1.807, 2.05) is 11.9 Å². The van der Waals surface area contributed by atoms with Crippen LogP contribution < -0.4 is 5.32 Å². The van der Waals surface area contributed by atoms with E-state index >= 15 is 0 Å². The lowest BCUT2D eigenvalue weighted by atomic mass is 10.0. The second kappa shape index (κ2) is 6.66. The van der Waals surface area contributed by atoms with Gasteiger partial charge < -0.3 is 15.1 Å². The Kier molecular flexibility index (Phi) is 5.49. The number of likely N-dealkylation sites (tertiary alicyclic amines) is 1. The van der Waals surface area contributed by atoms with Gasteiger partial charge in [-0.15, -0.1) is 6.58 Å². The van der Waals surface area contributed by atoms with Gasteiger partial charge >= 0.3 is 0 Å². The van der Waals surface area contributed by atoms with Crippen LogP contribution in [-0.2, 0) is 4.79 Å². The lowest BCUT2D eigenvalue weighted by Gasteiger charge is -2.35. The number of likely N-dealkylation sites (N-methyl/N-ethyl adjacent to an activating group) is 1. The van der Waals surface area contributed by atoms with E-state index < -0.39 is 0 Å². The molecule has 0 aromatic rings. The first-order valence-electron chi connectivity index (χ1n) is 5.91. The van der Waals surface area contributed by atoms with Crippen LogP contribution in [0, 0.1) is 0 Å². The van der Waals surface area contributed by atoms with Gasteiger partial charge in [-0.2, -0.15) is 0 Å². The van der Waals surface area contributed by atoms with Crippen LogP contribution in [0.3, 0.4) is 0 Å². The minimum absolute atomic E-state index is 0.177. The fourth-order valence-electron chi connectivity index (χ4n) is 1.99. The van der Waals surface area contributed by atoms with E-state index in [-0.39, 0.29) is 5.91 Å². The Morgan fingerprint density at radius 2 is 2.19 bits per heavy atom. The normalized spacial score (nSPS) is 18.4. The van der Waals surface area contributed by atoms with Gasteiger partial charge in [-0.25, -0.2) is 0 Å². The third-order valence-corrected chi connectivity index (χ3v) is 3.19. The molecule has 1 rings (SSSR count). The van der Waals surface area contributed by atoms with Gasteiger partial charge in [0.25, 0.3) is 0 Å². The first-order valence-corrected chi connectivity index (χ1v) is 5.91. The lowest BCUT2D eigenvalue weighted by molar-refractivity contribution is -0.131. The smallest absolute Gasteiger partial charge is 0.236 e. The third-order valence-electron chi connectivity index (χ3n) is 3.19. The van der Waals surface area contributed by atoms with Gasteiger partial charge in [-0.05, 0) is 33.0 Å². The van der Waals surface area contributed by atoms with Gasteiger partial charge in [0, 0.05) is 19.6 Å². The summed E-state index contributed by atoms with van der Waals surface area (Å²) in [6.07, 6.45) is 3.93. The van der Waals surface area contributed by atoms with Gasteiger partial charge in [-0.3, -0.25) is 4.79 Å². The molecule has 0 atom stereocenters. The molecule has 0 aromatic heterocycles. The number of nitrogens with one attached hydrogen (secondary N) is 1. The molecule has 0 aliphatic carbocycles. The van der Waals surface area contributed by atoms with Crippen molar-refractivity contribution in [3.63, 3.8) is 0 Å². The van der Waals surface area contributed by atoms with E-state index in [1.165, 1.54) is 0 Å². The van der Waals surface area contributed by atoms with Crippen molar-refractivity contribution in [1.29, 1.82) is 0 Å². The summed E-state index contributed by atoms with van der Waals surface area (Å²) in [6.45, 7) is 6.88. The molecule has 0 spiro atoms. The molecule has 4 heteroatoms. The minimum Gasteiger partial charge on any atom is -0.342 e. The van der Waals surface area contributed by atoms with Crippen LogP contribution in [0.2, 0.25) is 0 Å². The van der Waals surface area contributed by atoms with Gasteiger partial charge in [-0.1, -0.05) is 6.08 Å². The second-order valence-corrected chi connectivity index (χ2v) is 4.46. The average molecular weight is 225 g/mol. The molecular weight excluding hydrogens is 202 g/mol. The third kappa shape index (κ3) is 3.94. The maximum Gasteiger partial charge on any atom is 0.236 e. The summed E-state index contributed by atoms with van der Waals surface area (Å²) in [4.78, 5) is 16.0. The monoisotopic (exact) mass is 225 g/mol. The molecule has 0 saturated carbocycles. The van der Waals surface area contributed by atoms with E-state index in [9.17, 15) is 4.79 Å². The maximum atomic E-state index is 11.8. The molecule has 1 N–H and O–H groups in total. The Morgan fingerprint density at radius 1 is 1.56 bits per heavy atom. The summed E-state index contributed by atoms with van der Waals surface area (Å²) in [6, 6.07) is 0.411. The zero-order valence-electron chi connectivity index (χ0n) is 10.4. The second-order valence-electron chi connectivity index (χ2n) is 4.46. The summed E-state index contributed by atoms with van der Waals surface area (Å²) in [5.74, 6) is 0.177. The van der Waals surface area contributed by atoms with Crippen molar-refractivity contribution in [3.8, 4) is 0 Å². The molecule has 92 valence electrons. The molecule has 4 nitrogen and oxygen atoms in total. The first-order chi connectivity index (χ1) is 7.65. The van der Waals surface area contributed by atoms with Gasteiger partial charge in [0.05, 0.1) is 6.54 Å². The van der Waals surface area contributed by atoms with E-state index in [0.29, 0.717) is 19.1 Å². The molecule has 16 heavy (non-hydrogen) atoms. The zero-order valence-corrected chi connectivity index (χ0v) is 10.4. The van der Waals surface area contributed by atoms with Crippen molar-refractivity contribution < 1.29 is 4.79 Å². The van der Waals surface area contributed by atoms with E-state index in [0.717, 1.165) is 25.9 Å². The molecular formula is C12H23N3O. The Hall–Kier alpha value is -0.870. The van der Waals surface area contributed by atoms with Gasteiger partial charge in [0.15, 0.2) is 0 Å². The van der Waals surface area contributed by atoms with Crippen LogP contribution >= 0.6 is 0 Å². The molecule has 1 heterocycles. The van der Waals surface area contributed by atoms with Crippen molar-refractivity contribution in [2.45, 2.75) is 18.9 Å². The van der Waals surface area contributed by atoms with Crippen molar-refractivity contribution in [1.82, 2.24) is 15.1 Å². The van der Waals surface area contributed by atoms with Crippen LogP contribution in [0.25, 0.3) is 0 Å². The molecule has 0 unspecified atom stereocenters. The van der Waals surface area contributed by atoms with E-state index in [1.54, 1.807) is 6.08 Å². The maximum absolute atomic E-state index is 11.8. The fourth-order valence-corrected chi connectivity index (χ4v) is 1.99. The van der Waals surface area contributed by atoms with Crippen molar-refractivity contribution in [2.24, 2.45) is 0 Å². The quantitative estimate of drug-likeness (QED) is 0.540. The Morgan fingerprint density at radius 3 is 2.75 bits per heavy atom. The SMILES string of the molecule is C=CCNCC(=O)N(C)C1CCN(C)CC1. The van der Waals surface area contributed by atoms with Gasteiger partial charge in [0.1, 0.15) is 0 Å². The molecule has 0 bridgehead atoms. The first kappa shape index (κ1) is 13.2. The molecule has 1 amide bonds. The Labute approximate surface area is 98.3 Å². The van der Waals surface area contributed by atoms with Crippen LogP contribution in [0.15, 0.2) is 12.7 Å². The number of carbonyl (C=O) groups is 1. The van der Waals surface area contributed by atoms with Crippen molar-refractivity contribution >= 4 is 5.91 Å². The van der Waals surface area contributed by atoms with Gasteiger partial charge in [0.2, 0.25) is 5.91 Å². The predicted molar refractivity (Wildman–Crippen MR) is 66.4 cm³/mol. The number of hydrogen-bond donors (Lipinski definition) is 1. The van der Waals surface area contributed by atoms with Crippen molar-refractivity contribution in [3.05, 3.63) is 12.7 Å². The minimum atomic E-state index is 0.177. The summed E-state index contributed by atoms with van der Waals surface area (Å²) < 4.78 is 0. The predicted octanol–water partition coefficient (Wildman–Crippen LogP) is 0.315. The highest BCUT2D eigenvalue weighted by molar-refractivity contribution is 5.78. The molecule has 1 saturated heterocycles. The molecule has 0 radical (unpaired) electrons. The van der Waals surface area contributed by atoms with Crippen LogP contribution in [0.1, 0.15) is 12.8 Å². The molecule has 1 fully saturated rings. The summed E-state index contributed by atoms with van der Waals surface area (Å²) in [5.41, 5.74) is 0. The Bertz CT molecular complexity index is 234. The number of amides is 1. The highest BCUT2D eigenvalue weighted by atomic mass is 16.2. The summed E-state index contributed by atoms with van der Waals surface area (Å²) in [5, 5.41) is 3.04. The zero-order chi connectivity index (χ0) is 12.0. The van der Waals surface area contributed by atoms with Crippen molar-refractivity contribution in [2.75, 3.05) is 40.3 Å². The topological polar surface area (TPSA) is 35.6 Å². The largest absolute Gasteiger partial charge is 0.342 e. The van der Waals surface area contributed by atoms with Crippen LogP contribution in [-0.4, -0.2) is 62.0 Å². The number of nitrogens with zero attached hydrogens (tertiary/aromatic N) is 2. The average Bonchev–Trinajstić information content (AvgIpc) is 2.29. The molecule has 0 aromatic carbocycles. The molecule has 1 aliphatic heterocycles. The summed E-state index contributed by atoms with van der Waals surface area (Å²) >= 11 is 0. The van der Waals surface area contributed by atoms with E-state index in [2.05, 4.69) is 23.8 Å². The number of rotatable bonds is 5. The lowest BCUT2D eigenvalue weighted by Crippen LogP contribution is -2.47.